The Morgan fingerprint density at radius 1 is 1.27 bits per heavy atom. The molecule has 0 unspecified atom stereocenters. The average Bonchev–Trinajstić information content (AvgIpc) is 2.43. The van der Waals surface area contributed by atoms with Crippen molar-refractivity contribution in [2.24, 2.45) is 0 Å². The molecule has 4 nitrogen and oxygen atoms in total. The van der Waals surface area contributed by atoms with Crippen LogP contribution in [0.1, 0.15) is 50.8 Å². The SMILES string of the molecule is CCN(CCO)C(=O)CCc1cc(C)cc(C(C)(C)C)c1O. The van der Waals surface area contributed by atoms with Gasteiger partial charge in [0.25, 0.3) is 0 Å². The largest absolute Gasteiger partial charge is 0.507 e. The van der Waals surface area contributed by atoms with Gasteiger partial charge in [0.05, 0.1) is 6.61 Å². The van der Waals surface area contributed by atoms with Crippen LogP contribution in [0.25, 0.3) is 0 Å². The fourth-order valence-corrected chi connectivity index (χ4v) is 2.60. The summed E-state index contributed by atoms with van der Waals surface area (Å²) in [7, 11) is 0. The fourth-order valence-electron chi connectivity index (χ4n) is 2.60. The number of rotatable bonds is 6. The van der Waals surface area contributed by atoms with Crippen LogP contribution in [0, 0.1) is 6.92 Å². The van der Waals surface area contributed by atoms with E-state index in [0.717, 1.165) is 16.7 Å². The van der Waals surface area contributed by atoms with E-state index >= 15 is 0 Å². The normalized spacial score (nSPS) is 11.5. The monoisotopic (exact) mass is 307 g/mol. The van der Waals surface area contributed by atoms with E-state index in [1.54, 1.807) is 4.90 Å². The minimum absolute atomic E-state index is 0.00904. The fraction of sp³-hybridized carbons (Fsp3) is 0.611. The molecule has 0 atom stereocenters. The summed E-state index contributed by atoms with van der Waals surface area (Å²) < 4.78 is 0. The summed E-state index contributed by atoms with van der Waals surface area (Å²) in [4.78, 5) is 13.8. The van der Waals surface area contributed by atoms with Crippen LogP contribution >= 0.6 is 0 Å². The Hall–Kier alpha value is -1.55. The van der Waals surface area contributed by atoms with Crippen LogP contribution < -0.4 is 0 Å². The van der Waals surface area contributed by atoms with E-state index in [4.69, 9.17) is 5.11 Å². The maximum Gasteiger partial charge on any atom is 0.222 e. The maximum atomic E-state index is 12.1. The summed E-state index contributed by atoms with van der Waals surface area (Å²) in [6.07, 6.45) is 0.853. The second-order valence-corrected chi connectivity index (χ2v) is 6.77. The minimum Gasteiger partial charge on any atom is -0.507 e. The number of likely N-dealkylation sites (N-methyl/N-ethyl adjacent to an activating group) is 1. The van der Waals surface area contributed by atoms with Crippen LogP contribution in [0.3, 0.4) is 0 Å². The highest BCUT2D eigenvalue weighted by molar-refractivity contribution is 5.76. The molecule has 1 rings (SSSR count). The van der Waals surface area contributed by atoms with Gasteiger partial charge < -0.3 is 15.1 Å². The van der Waals surface area contributed by atoms with Crippen LogP contribution in [0.2, 0.25) is 0 Å². The molecule has 1 amide bonds. The smallest absolute Gasteiger partial charge is 0.222 e. The predicted octanol–water partition coefficient (Wildman–Crippen LogP) is 2.77. The zero-order valence-electron chi connectivity index (χ0n) is 14.4. The van der Waals surface area contributed by atoms with Crippen molar-refractivity contribution in [2.75, 3.05) is 19.7 Å². The number of phenols is 1. The first-order valence-electron chi connectivity index (χ1n) is 7.92. The van der Waals surface area contributed by atoms with Crippen LogP contribution in [-0.4, -0.2) is 40.7 Å². The van der Waals surface area contributed by atoms with Crippen molar-refractivity contribution in [3.8, 4) is 5.75 Å². The molecule has 1 aromatic rings. The number of benzene rings is 1. The molecule has 1 aromatic carbocycles. The van der Waals surface area contributed by atoms with E-state index in [0.29, 0.717) is 31.7 Å². The number of nitrogens with zero attached hydrogens (tertiary/aromatic N) is 1. The van der Waals surface area contributed by atoms with E-state index in [9.17, 15) is 9.90 Å². The molecular formula is C18H29NO3. The third-order valence-electron chi connectivity index (χ3n) is 3.85. The Labute approximate surface area is 133 Å². The van der Waals surface area contributed by atoms with Gasteiger partial charge in [0.15, 0.2) is 0 Å². The molecule has 0 heterocycles. The summed E-state index contributed by atoms with van der Waals surface area (Å²) in [5.74, 6) is 0.311. The number of aliphatic hydroxyl groups is 1. The number of aliphatic hydroxyl groups excluding tert-OH is 1. The van der Waals surface area contributed by atoms with Crippen LogP contribution in [-0.2, 0) is 16.6 Å². The Morgan fingerprint density at radius 3 is 2.41 bits per heavy atom. The van der Waals surface area contributed by atoms with Crippen LogP contribution in [0.4, 0.5) is 0 Å². The van der Waals surface area contributed by atoms with Crippen molar-refractivity contribution in [3.63, 3.8) is 0 Å². The first-order chi connectivity index (χ1) is 10.2. The second kappa shape index (κ2) is 7.63. The van der Waals surface area contributed by atoms with Crippen molar-refractivity contribution in [2.45, 2.75) is 52.9 Å². The van der Waals surface area contributed by atoms with Gasteiger partial charge in [0.1, 0.15) is 5.75 Å². The standard InChI is InChI=1S/C18H29NO3/c1-6-19(9-10-20)16(21)8-7-14-11-13(2)12-15(17(14)22)18(3,4)5/h11-12,20,22H,6-10H2,1-5H3. The molecule has 0 spiro atoms. The predicted molar refractivity (Wildman–Crippen MR) is 89.2 cm³/mol. The quantitative estimate of drug-likeness (QED) is 0.849. The molecule has 0 aliphatic rings. The highest BCUT2D eigenvalue weighted by atomic mass is 16.3. The lowest BCUT2D eigenvalue weighted by Gasteiger charge is -2.23. The first kappa shape index (κ1) is 18.5. The summed E-state index contributed by atoms with van der Waals surface area (Å²) >= 11 is 0. The van der Waals surface area contributed by atoms with Gasteiger partial charge in [-0.3, -0.25) is 4.79 Å². The Kier molecular flexibility index (Phi) is 6.42. The van der Waals surface area contributed by atoms with Crippen molar-refractivity contribution in [1.82, 2.24) is 4.90 Å². The molecular weight excluding hydrogens is 278 g/mol. The number of hydrogen-bond donors (Lipinski definition) is 2. The van der Waals surface area contributed by atoms with Crippen LogP contribution in [0.15, 0.2) is 12.1 Å². The van der Waals surface area contributed by atoms with Gasteiger partial charge >= 0.3 is 0 Å². The van der Waals surface area contributed by atoms with Gasteiger partial charge in [0, 0.05) is 19.5 Å². The lowest BCUT2D eigenvalue weighted by atomic mass is 9.83. The Bertz CT molecular complexity index is 518. The van der Waals surface area contributed by atoms with Gasteiger partial charge in [-0.05, 0) is 36.8 Å². The summed E-state index contributed by atoms with van der Waals surface area (Å²) in [5, 5.41) is 19.5. The highest BCUT2D eigenvalue weighted by Crippen LogP contribution is 2.34. The average molecular weight is 307 g/mol. The summed E-state index contributed by atoms with van der Waals surface area (Å²) in [5.41, 5.74) is 2.69. The number of carbonyl (C=O) groups is 1. The molecule has 22 heavy (non-hydrogen) atoms. The number of hydrogen-bond acceptors (Lipinski definition) is 3. The van der Waals surface area contributed by atoms with Gasteiger partial charge in [-0.15, -0.1) is 0 Å². The lowest BCUT2D eigenvalue weighted by molar-refractivity contribution is -0.131. The Morgan fingerprint density at radius 2 is 1.91 bits per heavy atom. The van der Waals surface area contributed by atoms with Crippen molar-refractivity contribution in [1.29, 1.82) is 0 Å². The number of aryl methyl sites for hydroxylation is 2. The summed E-state index contributed by atoms with van der Waals surface area (Å²) in [6.45, 7) is 11.0. The number of aromatic hydroxyl groups is 1. The minimum atomic E-state index is -0.138. The second-order valence-electron chi connectivity index (χ2n) is 6.77. The number of carbonyl (C=O) groups excluding carboxylic acids is 1. The molecule has 0 bridgehead atoms. The van der Waals surface area contributed by atoms with Crippen molar-refractivity contribution in [3.05, 3.63) is 28.8 Å². The molecule has 0 aromatic heterocycles. The molecule has 0 saturated heterocycles. The summed E-state index contributed by atoms with van der Waals surface area (Å²) in [6, 6.07) is 3.95. The van der Waals surface area contributed by atoms with E-state index in [1.165, 1.54) is 0 Å². The third-order valence-corrected chi connectivity index (χ3v) is 3.85. The maximum absolute atomic E-state index is 12.1. The van der Waals surface area contributed by atoms with Crippen molar-refractivity contribution < 1.29 is 15.0 Å². The van der Waals surface area contributed by atoms with Crippen LogP contribution in [0.5, 0.6) is 5.75 Å². The number of phenolic OH excluding ortho intramolecular Hbond substituents is 1. The van der Waals surface area contributed by atoms with Gasteiger partial charge in [-0.25, -0.2) is 0 Å². The zero-order valence-corrected chi connectivity index (χ0v) is 14.4. The number of amides is 1. The van der Waals surface area contributed by atoms with Gasteiger partial charge in [-0.1, -0.05) is 38.5 Å². The van der Waals surface area contributed by atoms with Crippen molar-refractivity contribution >= 4 is 5.91 Å². The lowest BCUT2D eigenvalue weighted by Crippen LogP contribution is -2.33. The molecule has 0 saturated carbocycles. The molecule has 124 valence electrons. The van der Waals surface area contributed by atoms with Gasteiger partial charge in [-0.2, -0.15) is 0 Å². The zero-order chi connectivity index (χ0) is 16.9. The van der Waals surface area contributed by atoms with E-state index in [-0.39, 0.29) is 17.9 Å². The highest BCUT2D eigenvalue weighted by Gasteiger charge is 2.21. The van der Waals surface area contributed by atoms with E-state index in [1.807, 2.05) is 26.0 Å². The molecule has 4 heteroatoms. The molecule has 2 N–H and O–H groups in total. The van der Waals surface area contributed by atoms with Gasteiger partial charge in [0.2, 0.25) is 5.91 Å². The first-order valence-corrected chi connectivity index (χ1v) is 7.92. The molecule has 0 aliphatic carbocycles. The molecule has 0 fully saturated rings. The van der Waals surface area contributed by atoms with E-state index in [2.05, 4.69) is 20.8 Å². The molecule has 0 radical (unpaired) electrons. The van der Waals surface area contributed by atoms with E-state index < -0.39 is 0 Å². The topological polar surface area (TPSA) is 60.8 Å². The third kappa shape index (κ3) is 4.73. The molecule has 0 aliphatic heterocycles. The Balaban J connectivity index is 2.91.